The first-order valence-electron chi connectivity index (χ1n) is 6.90. The van der Waals surface area contributed by atoms with Gasteiger partial charge in [-0.3, -0.25) is 4.98 Å². The van der Waals surface area contributed by atoms with Crippen molar-refractivity contribution in [1.82, 2.24) is 4.98 Å². The van der Waals surface area contributed by atoms with Gasteiger partial charge in [-0.05, 0) is 29.7 Å². The van der Waals surface area contributed by atoms with Gasteiger partial charge in [0.2, 0.25) is 0 Å². The number of benzene rings is 3. The molecule has 0 aliphatic heterocycles. The minimum Gasteiger partial charge on any atom is -0.457 e. The summed E-state index contributed by atoms with van der Waals surface area (Å²) < 4.78 is 5.86. The second-order valence-electron chi connectivity index (χ2n) is 4.94. The van der Waals surface area contributed by atoms with Gasteiger partial charge >= 0.3 is 0 Å². The number of para-hydroxylation sites is 1. The van der Waals surface area contributed by atoms with E-state index >= 15 is 0 Å². The van der Waals surface area contributed by atoms with Crippen LogP contribution in [-0.4, -0.2) is 4.98 Å². The number of hydrogen-bond donors (Lipinski definition) is 0. The van der Waals surface area contributed by atoms with Crippen molar-refractivity contribution in [1.29, 1.82) is 0 Å². The molecule has 21 heavy (non-hydrogen) atoms. The molecule has 100 valence electrons. The molecule has 1 heterocycles. The van der Waals surface area contributed by atoms with E-state index in [4.69, 9.17) is 4.74 Å². The van der Waals surface area contributed by atoms with Crippen molar-refractivity contribution in [3.05, 3.63) is 79.0 Å². The molecule has 0 atom stereocenters. The molecule has 0 aliphatic carbocycles. The van der Waals surface area contributed by atoms with E-state index in [1.165, 1.54) is 5.39 Å². The summed E-state index contributed by atoms with van der Waals surface area (Å²) in [5, 5.41) is 3.52. The monoisotopic (exact) mass is 271 g/mol. The Hall–Kier alpha value is -2.87. The van der Waals surface area contributed by atoms with Crippen LogP contribution in [0, 0.1) is 0 Å². The fraction of sp³-hybridized carbons (Fsp3) is 0. The first-order chi connectivity index (χ1) is 10.4. The molecule has 2 nitrogen and oxygen atoms in total. The van der Waals surface area contributed by atoms with Gasteiger partial charge in [0.25, 0.3) is 0 Å². The highest BCUT2D eigenvalue weighted by Crippen LogP contribution is 2.28. The summed E-state index contributed by atoms with van der Waals surface area (Å²) in [4.78, 5) is 4.53. The maximum Gasteiger partial charge on any atom is 0.129 e. The van der Waals surface area contributed by atoms with Gasteiger partial charge < -0.3 is 4.74 Å². The van der Waals surface area contributed by atoms with E-state index < -0.39 is 0 Å². The average molecular weight is 271 g/mol. The van der Waals surface area contributed by atoms with Crippen molar-refractivity contribution in [2.75, 3.05) is 0 Å². The first kappa shape index (κ1) is 11.9. The van der Waals surface area contributed by atoms with Crippen LogP contribution >= 0.6 is 0 Å². The summed E-state index contributed by atoms with van der Waals surface area (Å²) >= 11 is 0. The Morgan fingerprint density at radius 2 is 1.48 bits per heavy atom. The molecule has 0 aliphatic rings. The largest absolute Gasteiger partial charge is 0.457 e. The lowest BCUT2D eigenvalue weighted by Crippen LogP contribution is -1.86. The quantitative estimate of drug-likeness (QED) is 0.469. The zero-order valence-electron chi connectivity index (χ0n) is 11.4. The fourth-order valence-electron chi connectivity index (χ4n) is 2.53. The molecule has 0 amide bonds. The Morgan fingerprint density at radius 3 is 2.38 bits per heavy atom. The number of aromatic nitrogens is 1. The van der Waals surface area contributed by atoms with Gasteiger partial charge in [-0.25, -0.2) is 0 Å². The maximum atomic E-state index is 5.86. The Kier molecular flexibility index (Phi) is 2.79. The molecule has 3 aromatic carbocycles. The third kappa shape index (κ3) is 2.21. The Labute approximate surface area is 122 Å². The molecule has 0 bridgehead atoms. The van der Waals surface area contributed by atoms with Crippen LogP contribution < -0.4 is 4.74 Å². The number of ether oxygens (including phenoxy) is 1. The Bertz CT molecular complexity index is 916. The molecule has 1 aromatic heterocycles. The molecule has 0 N–H and O–H groups in total. The highest BCUT2D eigenvalue weighted by Gasteiger charge is 2.03. The molecule has 0 unspecified atom stereocenters. The van der Waals surface area contributed by atoms with Crippen molar-refractivity contribution in [2.24, 2.45) is 0 Å². The van der Waals surface area contributed by atoms with Crippen molar-refractivity contribution < 1.29 is 4.74 Å². The summed E-state index contributed by atoms with van der Waals surface area (Å²) in [6, 6.07) is 24.1. The zero-order valence-corrected chi connectivity index (χ0v) is 11.4. The van der Waals surface area contributed by atoms with E-state index in [0.717, 1.165) is 27.8 Å². The second kappa shape index (κ2) is 4.91. The van der Waals surface area contributed by atoms with Crippen LogP contribution in [0.25, 0.3) is 21.7 Å². The molecule has 0 radical (unpaired) electrons. The Morgan fingerprint density at radius 1 is 0.667 bits per heavy atom. The van der Waals surface area contributed by atoms with Crippen LogP contribution in [0.15, 0.2) is 79.0 Å². The van der Waals surface area contributed by atoms with Crippen molar-refractivity contribution in [3.63, 3.8) is 0 Å². The number of pyridine rings is 1. The van der Waals surface area contributed by atoms with Crippen LogP contribution in [0.5, 0.6) is 11.5 Å². The zero-order chi connectivity index (χ0) is 14.1. The predicted molar refractivity (Wildman–Crippen MR) is 85.8 cm³/mol. The van der Waals surface area contributed by atoms with Gasteiger partial charge in [-0.15, -0.1) is 0 Å². The van der Waals surface area contributed by atoms with Gasteiger partial charge in [-0.2, -0.15) is 0 Å². The third-order valence-electron chi connectivity index (χ3n) is 3.54. The van der Waals surface area contributed by atoms with Crippen LogP contribution in [-0.2, 0) is 0 Å². The molecule has 4 rings (SSSR count). The number of hydrogen-bond acceptors (Lipinski definition) is 2. The standard InChI is InChI=1S/C19H13NO/c1-2-7-15(8-3-1)21-16-10-11-18-17-9-5-4-6-14(17)13-20-19(18)12-16/h1-13H. The lowest BCUT2D eigenvalue weighted by Gasteiger charge is -2.07. The number of rotatable bonds is 2. The van der Waals surface area contributed by atoms with E-state index in [-0.39, 0.29) is 0 Å². The van der Waals surface area contributed by atoms with Crippen LogP contribution in [0.1, 0.15) is 0 Å². The van der Waals surface area contributed by atoms with Gasteiger partial charge in [0, 0.05) is 23.0 Å². The molecule has 0 spiro atoms. The van der Waals surface area contributed by atoms with Gasteiger partial charge in [-0.1, -0.05) is 42.5 Å². The van der Waals surface area contributed by atoms with Crippen LogP contribution in [0.4, 0.5) is 0 Å². The van der Waals surface area contributed by atoms with Crippen molar-refractivity contribution in [3.8, 4) is 11.5 Å². The van der Waals surface area contributed by atoms with Crippen molar-refractivity contribution >= 4 is 21.7 Å². The summed E-state index contributed by atoms with van der Waals surface area (Å²) in [5.41, 5.74) is 0.946. The van der Waals surface area contributed by atoms with Crippen LogP contribution in [0.3, 0.4) is 0 Å². The van der Waals surface area contributed by atoms with E-state index in [1.54, 1.807) is 0 Å². The highest BCUT2D eigenvalue weighted by atomic mass is 16.5. The Balaban J connectivity index is 1.82. The number of fused-ring (bicyclic) bond motifs is 3. The van der Waals surface area contributed by atoms with Crippen LogP contribution in [0.2, 0.25) is 0 Å². The second-order valence-corrected chi connectivity index (χ2v) is 4.94. The van der Waals surface area contributed by atoms with E-state index in [0.29, 0.717) is 0 Å². The first-order valence-corrected chi connectivity index (χ1v) is 6.90. The predicted octanol–water partition coefficient (Wildman–Crippen LogP) is 5.18. The molecule has 2 heteroatoms. The number of nitrogens with zero attached hydrogens (tertiary/aromatic N) is 1. The van der Waals surface area contributed by atoms with E-state index in [1.807, 2.05) is 54.7 Å². The lowest BCUT2D eigenvalue weighted by atomic mass is 10.1. The minimum atomic E-state index is 0.802. The van der Waals surface area contributed by atoms with Crippen molar-refractivity contribution in [2.45, 2.75) is 0 Å². The highest BCUT2D eigenvalue weighted by molar-refractivity contribution is 6.05. The summed E-state index contributed by atoms with van der Waals surface area (Å²) in [5.74, 6) is 1.63. The lowest BCUT2D eigenvalue weighted by molar-refractivity contribution is 0.483. The maximum absolute atomic E-state index is 5.86. The summed E-state index contributed by atoms with van der Waals surface area (Å²) in [6.07, 6.45) is 1.91. The summed E-state index contributed by atoms with van der Waals surface area (Å²) in [7, 11) is 0. The molecule has 4 aromatic rings. The van der Waals surface area contributed by atoms with E-state index in [2.05, 4.69) is 29.2 Å². The normalized spacial score (nSPS) is 10.9. The molecular formula is C19H13NO. The molecular weight excluding hydrogens is 258 g/mol. The fourth-order valence-corrected chi connectivity index (χ4v) is 2.53. The third-order valence-corrected chi connectivity index (χ3v) is 3.54. The van der Waals surface area contributed by atoms with Gasteiger partial charge in [0.1, 0.15) is 11.5 Å². The average Bonchev–Trinajstić information content (AvgIpc) is 2.55. The molecule has 0 saturated heterocycles. The SMILES string of the molecule is c1ccc(Oc2ccc3c(c2)ncc2ccccc23)cc1. The topological polar surface area (TPSA) is 22.1 Å². The molecule has 0 fully saturated rings. The minimum absolute atomic E-state index is 0.802. The summed E-state index contributed by atoms with van der Waals surface area (Å²) in [6.45, 7) is 0. The van der Waals surface area contributed by atoms with Gasteiger partial charge in [0.05, 0.1) is 5.52 Å². The molecule has 0 saturated carbocycles. The van der Waals surface area contributed by atoms with E-state index in [9.17, 15) is 0 Å². The smallest absolute Gasteiger partial charge is 0.129 e. The van der Waals surface area contributed by atoms with Gasteiger partial charge in [0.15, 0.2) is 0 Å².